The highest BCUT2D eigenvalue weighted by atomic mass is 32.2. The van der Waals surface area contributed by atoms with Crippen molar-refractivity contribution in [3.8, 4) is 0 Å². The zero-order chi connectivity index (χ0) is 11.8. The predicted molar refractivity (Wildman–Crippen MR) is 54.5 cm³/mol. The normalized spacial score (nSPS) is 11.9. The average molecular weight is 232 g/mol. The Bertz CT molecular complexity index is 487. The van der Waals surface area contributed by atoms with E-state index < -0.39 is 21.1 Å². The molecule has 1 aromatic heterocycles. The van der Waals surface area contributed by atoms with Crippen molar-refractivity contribution in [1.82, 2.24) is 4.98 Å². The van der Waals surface area contributed by atoms with E-state index in [-0.39, 0.29) is 16.3 Å². The van der Waals surface area contributed by atoms with Crippen LogP contribution in [0.5, 0.6) is 0 Å². The van der Waals surface area contributed by atoms with Crippen molar-refractivity contribution in [1.29, 1.82) is 0 Å². The van der Waals surface area contributed by atoms with Crippen molar-refractivity contribution < 1.29 is 18.3 Å². The molecule has 0 bridgehead atoms. The van der Waals surface area contributed by atoms with Gasteiger partial charge in [0.25, 0.3) is 0 Å². The van der Waals surface area contributed by atoms with Crippen LogP contribution in [-0.2, 0) is 9.84 Å². The molecule has 0 unspecified atom stereocenters. The Balaban J connectivity index is 3.37. The lowest BCUT2D eigenvalue weighted by Crippen LogP contribution is -2.15. The summed E-state index contributed by atoms with van der Waals surface area (Å²) in [5.74, 6) is -1.28. The van der Waals surface area contributed by atoms with E-state index in [0.717, 1.165) is 6.20 Å². The minimum Gasteiger partial charge on any atom is -0.477 e. The number of rotatable bonds is 3. The minimum atomic E-state index is -3.54. The first kappa shape index (κ1) is 11.6. The van der Waals surface area contributed by atoms with E-state index in [1.54, 1.807) is 0 Å². The van der Waals surface area contributed by atoms with Crippen LogP contribution in [0.4, 0.5) is 5.69 Å². The molecule has 0 aromatic carbocycles. The molecule has 0 radical (unpaired) electrons. The molecule has 7 heteroatoms. The molecule has 1 heterocycles. The molecule has 84 valence electrons. The lowest BCUT2D eigenvalue weighted by atomic mass is 10.4. The van der Waals surface area contributed by atoms with E-state index in [1.807, 2.05) is 0 Å². The third kappa shape index (κ3) is 1.82. The first-order valence-corrected chi connectivity index (χ1v) is 5.77. The number of aromatic amines is 1. The number of nitrogen functional groups attached to an aromatic ring is 1. The van der Waals surface area contributed by atoms with Crippen molar-refractivity contribution in [2.75, 3.05) is 5.73 Å². The van der Waals surface area contributed by atoms with Gasteiger partial charge < -0.3 is 15.8 Å². The van der Waals surface area contributed by atoms with Gasteiger partial charge in [-0.15, -0.1) is 0 Å². The molecule has 1 aromatic rings. The molecule has 0 amide bonds. The molecule has 0 fully saturated rings. The Kier molecular flexibility index (Phi) is 2.76. The van der Waals surface area contributed by atoms with Gasteiger partial charge in [0.05, 0.1) is 10.9 Å². The zero-order valence-corrected chi connectivity index (χ0v) is 9.13. The van der Waals surface area contributed by atoms with E-state index in [9.17, 15) is 13.2 Å². The number of aromatic carboxylic acids is 1. The standard InChI is InChI=1S/C8H12N2O4S/c1-4(2)15(13,14)5-3-10-7(6(5)9)8(11)12/h3-4,10H,9H2,1-2H3,(H,11,12). The van der Waals surface area contributed by atoms with Gasteiger partial charge >= 0.3 is 5.97 Å². The van der Waals surface area contributed by atoms with Crippen molar-refractivity contribution in [2.45, 2.75) is 24.0 Å². The van der Waals surface area contributed by atoms with Gasteiger partial charge in [-0.2, -0.15) is 0 Å². The molecule has 4 N–H and O–H groups in total. The summed E-state index contributed by atoms with van der Waals surface area (Å²) in [7, 11) is -3.54. The molecule has 0 aliphatic heterocycles. The zero-order valence-electron chi connectivity index (χ0n) is 8.31. The van der Waals surface area contributed by atoms with Crippen LogP contribution in [0, 0.1) is 0 Å². The second kappa shape index (κ2) is 3.58. The highest BCUT2D eigenvalue weighted by Crippen LogP contribution is 2.25. The second-order valence-electron chi connectivity index (χ2n) is 3.34. The summed E-state index contributed by atoms with van der Waals surface area (Å²) in [6.07, 6.45) is 1.11. The van der Waals surface area contributed by atoms with Crippen LogP contribution in [0.2, 0.25) is 0 Å². The summed E-state index contributed by atoms with van der Waals surface area (Å²) in [5, 5.41) is 8.04. The van der Waals surface area contributed by atoms with Gasteiger partial charge in [0.2, 0.25) is 0 Å². The van der Waals surface area contributed by atoms with E-state index in [2.05, 4.69) is 4.98 Å². The lowest BCUT2D eigenvalue weighted by Gasteiger charge is -2.06. The van der Waals surface area contributed by atoms with Gasteiger partial charge in [0, 0.05) is 6.20 Å². The van der Waals surface area contributed by atoms with Crippen molar-refractivity contribution in [3.05, 3.63) is 11.9 Å². The van der Waals surface area contributed by atoms with Crippen LogP contribution in [0.1, 0.15) is 24.3 Å². The highest BCUT2D eigenvalue weighted by molar-refractivity contribution is 7.92. The van der Waals surface area contributed by atoms with Crippen molar-refractivity contribution in [2.24, 2.45) is 0 Å². The fourth-order valence-corrected chi connectivity index (χ4v) is 2.22. The lowest BCUT2D eigenvalue weighted by molar-refractivity contribution is 0.0692. The van der Waals surface area contributed by atoms with E-state index in [0.29, 0.717) is 0 Å². The van der Waals surface area contributed by atoms with Crippen LogP contribution in [-0.4, -0.2) is 29.7 Å². The number of carbonyl (C=O) groups is 1. The van der Waals surface area contributed by atoms with Crippen LogP contribution in [0.15, 0.2) is 11.1 Å². The fraction of sp³-hybridized carbons (Fsp3) is 0.375. The molecule has 0 spiro atoms. The number of H-pyrrole nitrogens is 1. The third-order valence-electron chi connectivity index (χ3n) is 2.02. The molecule has 0 saturated carbocycles. The summed E-state index contributed by atoms with van der Waals surface area (Å²) in [4.78, 5) is 12.8. The van der Waals surface area contributed by atoms with Crippen LogP contribution in [0.3, 0.4) is 0 Å². The fourth-order valence-electron chi connectivity index (χ4n) is 1.08. The monoisotopic (exact) mass is 232 g/mol. The molecule has 15 heavy (non-hydrogen) atoms. The molecule has 0 atom stereocenters. The first-order chi connectivity index (χ1) is 6.78. The van der Waals surface area contributed by atoms with Gasteiger partial charge in [0.1, 0.15) is 10.6 Å². The van der Waals surface area contributed by atoms with E-state index in [1.165, 1.54) is 13.8 Å². The number of nitrogens with two attached hydrogens (primary N) is 1. The van der Waals surface area contributed by atoms with Crippen molar-refractivity contribution in [3.63, 3.8) is 0 Å². The quantitative estimate of drug-likeness (QED) is 0.701. The van der Waals surface area contributed by atoms with Crippen molar-refractivity contribution >= 4 is 21.5 Å². The van der Waals surface area contributed by atoms with Gasteiger partial charge in [-0.3, -0.25) is 0 Å². The number of carboxylic acids is 1. The number of carboxylic acid groups (broad SMARTS) is 1. The van der Waals surface area contributed by atoms with Gasteiger partial charge in [-0.05, 0) is 13.8 Å². The Labute approximate surface area is 87.0 Å². The van der Waals surface area contributed by atoms with Gasteiger partial charge in [0.15, 0.2) is 9.84 Å². The molecular weight excluding hydrogens is 220 g/mol. The number of nitrogens with one attached hydrogen (secondary N) is 1. The number of sulfone groups is 1. The Morgan fingerprint density at radius 3 is 2.40 bits per heavy atom. The smallest absolute Gasteiger partial charge is 0.354 e. The minimum absolute atomic E-state index is 0.157. The second-order valence-corrected chi connectivity index (χ2v) is 5.81. The maximum Gasteiger partial charge on any atom is 0.354 e. The van der Waals surface area contributed by atoms with E-state index >= 15 is 0 Å². The number of hydrogen-bond donors (Lipinski definition) is 3. The topological polar surface area (TPSA) is 113 Å². The third-order valence-corrected chi connectivity index (χ3v) is 4.22. The van der Waals surface area contributed by atoms with Crippen LogP contribution < -0.4 is 5.73 Å². The van der Waals surface area contributed by atoms with Gasteiger partial charge in [-0.1, -0.05) is 0 Å². The van der Waals surface area contributed by atoms with Crippen LogP contribution >= 0.6 is 0 Å². The summed E-state index contributed by atoms with van der Waals surface area (Å²) in [6, 6.07) is 0. The average Bonchev–Trinajstić information content (AvgIpc) is 2.46. The molecule has 0 saturated heterocycles. The number of aromatic nitrogens is 1. The largest absolute Gasteiger partial charge is 0.477 e. The molecule has 1 rings (SSSR count). The maximum absolute atomic E-state index is 11.7. The van der Waals surface area contributed by atoms with Crippen LogP contribution in [0.25, 0.3) is 0 Å². The predicted octanol–water partition coefficient (Wildman–Crippen LogP) is 0.477. The number of hydrogen-bond acceptors (Lipinski definition) is 4. The summed E-state index contributed by atoms with van der Waals surface area (Å²) >= 11 is 0. The highest BCUT2D eigenvalue weighted by Gasteiger charge is 2.26. The first-order valence-electron chi connectivity index (χ1n) is 4.22. The molecule has 0 aliphatic carbocycles. The summed E-state index contributed by atoms with van der Waals surface area (Å²) in [6.45, 7) is 3.00. The summed E-state index contributed by atoms with van der Waals surface area (Å²) < 4.78 is 23.4. The maximum atomic E-state index is 11.7. The molecule has 6 nitrogen and oxygen atoms in total. The SMILES string of the molecule is CC(C)S(=O)(=O)c1c[nH]c(C(=O)O)c1N. The summed E-state index contributed by atoms with van der Waals surface area (Å²) in [5.41, 5.74) is 4.90. The molecular formula is C8H12N2O4S. The Morgan fingerprint density at radius 2 is 2.07 bits per heavy atom. The van der Waals surface area contributed by atoms with Gasteiger partial charge in [-0.25, -0.2) is 13.2 Å². The molecule has 0 aliphatic rings. The number of anilines is 1. The Morgan fingerprint density at radius 1 is 1.53 bits per heavy atom. The van der Waals surface area contributed by atoms with E-state index in [4.69, 9.17) is 10.8 Å². The Hall–Kier alpha value is -1.50.